The maximum Gasteiger partial charge on any atom is 0.226 e. The Balaban J connectivity index is 2.34. The van der Waals surface area contributed by atoms with E-state index >= 15 is 0 Å². The van der Waals surface area contributed by atoms with Gasteiger partial charge in [0.2, 0.25) is 5.91 Å². The van der Waals surface area contributed by atoms with Gasteiger partial charge in [-0.05, 0) is 24.3 Å². The van der Waals surface area contributed by atoms with Gasteiger partial charge in [0, 0.05) is 18.8 Å². The van der Waals surface area contributed by atoms with Gasteiger partial charge in [0.1, 0.15) is 5.75 Å². The first kappa shape index (κ1) is 15.3. The molecule has 6 nitrogen and oxygen atoms in total. The Morgan fingerprint density at radius 1 is 1.16 bits per heavy atom. The molecule has 0 aliphatic heterocycles. The second-order valence-corrected chi connectivity index (χ2v) is 4.00. The molecule has 0 radical (unpaired) electrons. The summed E-state index contributed by atoms with van der Waals surface area (Å²) in [4.78, 5) is 13.2. The van der Waals surface area contributed by atoms with Gasteiger partial charge in [0.15, 0.2) is 0 Å². The third kappa shape index (κ3) is 5.58. The zero-order chi connectivity index (χ0) is 14.1. The highest BCUT2D eigenvalue weighted by Gasteiger charge is 2.12. The van der Waals surface area contributed by atoms with E-state index in [1.807, 2.05) is 0 Å². The molecule has 19 heavy (non-hydrogen) atoms. The Morgan fingerprint density at radius 2 is 1.74 bits per heavy atom. The zero-order valence-corrected chi connectivity index (χ0v) is 10.8. The second kappa shape index (κ2) is 8.34. The molecule has 1 aromatic rings. The van der Waals surface area contributed by atoms with E-state index in [-0.39, 0.29) is 45.2 Å². The lowest BCUT2D eigenvalue weighted by molar-refractivity contribution is -0.132. The summed E-state index contributed by atoms with van der Waals surface area (Å²) >= 11 is 0. The first-order chi connectivity index (χ1) is 9.17. The highest BCUT2D eigenvalue weighted by atomic mass is 16.5. The lowest BCUT2D eigenvalue weighted by Gasteiger charge is -2.20. The largest absolute Gasteiger partial charge is 0.493 e. The fraction of sp³-hybridized carbons (Fsp3) is 0.462. The first-order valence-corrected chi connectivity index (χ1v) is 6.15. The van der Waals surface area contributed by atoms with Crippen LogP contribution in [0.2, 0.25) is 0 Å². The van der Waals surface area contributed by atoms with Crippen LogP contribution < -0.4 is 10.5 Å². The van der Waals surface area contributed by atoms with Gasteiger partial charge in [-0.25, -0.2) is 0 Å². The predicted molar refractivity (Wildman–Crippen MR) is 71.7 cm³/mol. The molecule has 106 valence electrons. The number of hydrogen-bond acceptors (Lipinski definition) is 5. The number of carbonyl (C=O) groups excluding carboxylic acids is 1. The molecule has 0 fully saturated rings. The summed E-state index contributed by atoms with van der Waals surface area (Å²) in [6.45, 7) is 0.452. The van der Waals surface area contributed by atoms with Crippen molar-refractivity contribution in [2.24, 2.45) is 0 Å². The lowest BCUT2D eigenvalue weighted by atomic mass is 10.3. The van der Waals surface area contributed by atoms with Crippen molar-refractivity contribution >= 4 is 11.6 Å². The van der Waals surface area contributed by atoms with Crippen molar-refractivity contribution in [2.75, 3.05) is 38.6 Å². The van der Waals surface area contributed by atoms with E-state index in [2.05, 4.69) is 0 Å². The van der Waals surface area contributed by atoms with Crippen LogP contribution in [0.3, 0.4) is 0 Å². The Morgan fingerprint density at radius 3 is 2.26 bits per heavy atom. The van der Waals surface area contributed by atoms with Crippen molar-refractivity contribution in [1.82, 2.24) is 4.90 Å². The molecule has 1 amide bonds. The summed E-state index contributed by atoms with van der Waals surface area (Å²) in [6.07, 6.45) is 0.199. The zero-order valence-electron chi connectivity index (χ0n) is 10.8. The molecule has 0 aromatic heterocycles. The molecule has 0 saturated carbocycles. The molecule has 0 heterocycles. The fourth-order valence-electron chi connectivity index (χ4n) is 1.58. The minimum Gasteiger partial charge on any atom is -0.493 e. The summed E-state index contributed by atoms with van der Waals surface area (Å²) in [7, 11) is 0. The standard InChI is InChI=1S/C13H20N2O4/c14-11-1-3-12(4-2-11)19-10-5-13(18)15(6-8-16)7-9-17/h1-4,16-17H,5-10,14H2. The average molecular weight is 268 g/mol. The van der Waals surface area contributed by atoms with Gasteiger partial charge >= 0.3 is 0 Å². The van der Waals surface area contributed by atoms with E-state index in [0.29, 0.717) is 11.4 Å². The molecule has 0 aliphatic carbocycles. The highest BCUT2D eigenvalue weighted by molar-refractivity contribution is 5.76. The topological polar surface area (TPSA) is 96.0 Å². The van der Waals surface area contributed by atoms with Crippen LogP contribution in [-0.4, -0.2) is 53.9 Å². The number of hydrogen-bond donors (Lipinski definition) is 3. The molecule has 0 bridgehead atoms. The maximum atomic E-state index is 11.8. The Hall–Kier alpha value is -1.79. The Kier molecular flexibility index (Phi) is 6.70. The first-order valence-electron chi connectivity index (χ1n) is 6.15. The smallest absolute Gasteiger partial charge is 0.226 e. The van der Waals surface area contributed by atoms with Crippen LogP contribution >= 0.6 is 0 Å². The van der Waals surface area contributed by atoms with Crippen molar-refractivity contribution in [2.45, 2.75) is 6.42 Å². The van der Waals surface area contributed by atoms with Crippen LogP contribution in [0, 0.1) is 0 Å². The van der Waals surface area contributed by atoms with E-state index in [1.165, 1.54) is 4.90 Å². The molecule has 0 aliphatic rings. The summed E-state index contributed by atoms with van der Waals surface area (Å²) in [5.74, 6) is 0.497. The molecule has 4 N–H and O–H groups in total. The number of benzene rings is 1. The molecular formula is C13H20N2O4. The van der Waals surface area contributed by atoms with Crippen LogP contribution in [0.25, 0.3) is 0 Å². The average Bonchev–Trinajstić information content (AvgIpc) is 2.40. The molecule has 0 spiro atoms. The van der Waals surface area contributed by atoms with Crippen molar-refractivity contribution in [3.05, 3.63) is 24.3 Å². The normalized spacial score (nSPS) is 10.2. The van der Waals surface area contributed by atoms with Gasteiger partial charge < -0.3 is 25.6 Å². The number of nitrogen functional groups attached to an aromatic ring is 1. The van der Waals surface area contributed by atoms with E-state index in [9.17, 15) is 4.79 Å². The van der Waals surface area contributed by atoms with Crippen molar-refractivity contribution in [1.29, 1.82) is 0 Å². The molecule has 1 rings (SSSR count). The third-order valence-corrected chi connectivity index (χ3v) is 2.56. The van der Waals surface area contributed by atoms with Crippen LogP contribution in [-0.2, 0) is 4.79 Å². The Labute approximate surface area is 112 Å². The van der Waals surface area contributed by atoms with Gasteiger partial charge in [0.25, 0.3) is 0 Å². The highest BCUT2D eigenvalue weighted by Crippen LogP contribution is 2.13. The van der Waals surface area contributed by atoms with Crippen LogP contribution in [0.4, 0.5) is 5.69 Å². The predicted octanol–water partition coefficient (Wildman–Crippen LogP) is -0.149. The minimum atomic E-state index is -0.154. The summed E-state index contributed by atoms with van der Waals surface area (Å²) in [5.41, 5.74) is 6.20. The summed E-state index contributed by atoms with van der Waals surface area (Å²) < 4.78 is 5.41. The molecule has 6 heteroatoms. The second-order valence-electron chi connectivity index (χ2n) is 4.00. The van der Waals surface area contributed by atoms with E-state index < -0.39 is 0 Å². The SMILES string of the molecule is Nc1ccc(OCCC(=O)N(CCO)CCO)cc1. The maximum absolute atomic E-state index is 11.8. The van der Waals surface area contributed by atoms with Crippen LogP contribution in [0.15, 0.2) is 24.3 Å². The van der Waals surface area contributed by atoms with E-state index in [1.54, 1.807) is 24.3 Å². The number of aliphatic hydroxyl groups excluding tert-OH is 2. The summed E-state index contributed by atoms with van der Waals surface area (Å²) in [5, 5.41) is 17.6. The molecule has 0 unspecified atom stereocenters. The van der Waals surface area contributed by atoms with E-state index in [0.717, 1.165) is 0 Å². The molecule has 0 saturated heterocycles. The number of carbonyl (C=O) groups is 1. The number of amides is 1. The number of rotatable bonds is 8. The lowest BCUT2D eigenvalue weighted by Crippen LogP contribution is -2.36. The minimum absolute atomic E-state index is 0.120. The number of nitrogens with two attached hydrogens (primary N) is 1. The number of anilines is 1. The van der Waals surface area contributed by atoms with E-state index in [4.69, 9.17) is 20.7 Å². The van der Waals surface area contributed by atoms with Crippen LogP contribution in [0.1, 0.15) is 6.42 Å². The Bertz CT molecular complexity index is 375. The quantitative estimate of drug-likeness (QED) is 0.570. The van der Waals surface area contributed by atoms with Crippen molar-refractivity contribution in [3.8, 4) is 5.75 Å². The van der Waals surface area contributed by atoms with Crippen LogP contribution in [0.5, 0.6) is 5.75 Å². The number of nitrogens with zero attached hydrogens (tertiary/aromatic N) is 1. The monoisotopic (exact) mass is 268 g/mol. The fourth-order valence-corrected chi connectivity index (χ4v) is 1.58. The van der Waals surface area contributed by atoms with Gasteiger partial charge in [-0.15, -0.1) is 0 Å². The van der Waals surface area contributed by atoms with Crippen molar-refractivity contribution in [3.63, 3.8) is 0 Å². The van der Waals surface area contributed by atoms with Crippen molar-refractivity contribution < 1.29 is 19.7 Å². The summed E-state index contributed by atoms with van der Waals surface area (Å²) in [6, 6.07) is 6.92. The molecular weight excluding hydrogens is 248 g/mol. The molecule has 1 aromatic carbocycles. The molecule has 0 atom stereocenters. The third-order valence-electron chi connectivity index (χ3n) is 2.56. The number of ether oxygens (including phenoxy) is 1. The van der Waals surface area contributed by atoms with Gasteiger partial charge in [-0.2, -0.15) is 0 Å². The number of aliphatic hydroxyl groups is 2. The van der Waals surface area contributed by atoms with Gasteiger partial charge in [-0.3, -0.25) is 4.79 Å². The van der Waals surface area contributed by atoms with Gasteiger partial charge in [-0.1, -0.05) is 0 Å². The van der Waals surface area contributed by atoms with Gasteiger partial charge in [0.05, 0.1) is 26.2 Å².